The van der Waals surface area contributed by atoms with Gasteiger partial charge in [-0.15, -0.1) is 24.0 Å². The summed E-state index contributed by atoms with van der Waals surface area (Å²) in [5, 5.41) is 3.19. The molecular weight excluding hydrogens is 544 g/mol. The van der Waals surface area contributed by atoms with Crippen molar-refractivity contribution in [2.45, 2.75) is 25.0 Å². The van der Waals surface area contributed by atoms with Gasteiger partial charge in [-0.2, -0.15) is 13.2 Å². The van der Waals surface area contributed by atoms with Crippen LogP contribution < -0.4 is 10.0 Å². The third-order valence-corrected chi connectivity index (χ3v) is 5.75. The standard InChI is InChI=1S/C20H25F3N4O2S.HI/c1-24-19(27(3)13-16-8-10-18(11-9-16)20(21,22)23)26-12-15-4-6-17(7-5-15)14-30(28,29)25-2;/h4-11,25H,12-14H2,1-3H3,(H,24,26);1H. The Bertz CT molecular complexity index is 963. The Balaban J connectivity index is 0.00000480. The zero-order chi connectivity index (χ0) is 22.4. The monoisotopic (exact) mass is 570 g/mol. The maximum atomic E-state index is 12.7. The molecule has 6 nitrogen and oxygen atoms in total. The van der Waals surface area contributed by atoms with Gasteiger partial charge in [0, 0.05) is 27.2 Å². The van der Waals surface area contributed by atoms with Crippen molar-refractivity contribution in [2.24, 2.45) is 4.99 Å². The molecule has 0 aliphatic heterocycles. The first-order valence-electron chi connectivity index (χ1n) is 9.11. The number of aliphatic imine (C=N–C) groups is 1. The Hall–Kier alpha value is -1.86. The summed E-state index contributed by atoms with van der Waals surface area (Å²) in [6, 6.07) is 12.2. The summed E-state index contributed by atoms with van der Waals surface area (Å²) in [7, 11) is 1.47. The molecule has 0 heterocycles. The van der Waals surface area contributed by atoms with E-state index in [4.69, 9.17) is 0 Å². The summed E-state index contributed by atoms with van der Waals surface area (Å²) in [5.74, 6) is 0.492. The third-order valence-electron chi connectivity index (χ3n) is 4.42. The van der Waals surface area contributed by atoms with Crippen molar-refractivity contribution in [1.29, 1.82) is 0 Å². The van der Waals surface area contributed by atoms with Crippen molar-refractivity contribution < 1.29 is 21.6 Å². The molecule has 0 bridgehead atoms. The molecule has 0 aliphatic carbocycles. The quantitative estimate of drug-likeness (QED) is 0.304. The summed E-state index contributed by atoms with van der Waals surface area (Å²) in [5.41, 5.74) is 1.66. The molecule has 0 atom stereocenters. The molecule has 0 aliphatic rings. The van der Waals surface area contributed by atoms with Crippen LogP contribution in [0, 0.1) is 0 Å². The number of hydrogen-bond acceptors (Lipinski definition) is 3. The van der Waals surface area contributed by atoms with Crippen LogP contribution in [0.15, 0.2) is 53.5 Å². The second-order valence-electron chi connectivity index (χ2n) is 6.73. The minimum Gasteiger partial charge on any atom is -0.352 e. The molecule has 0 radical (unpaired) electrons. The number of hydrogen-bond donors (Lipinski definition) is 2. The number of rotatable bonds is 7. The van der Waals surface area contributed by atoms with Crippen LogP contribution in [-0.2, 0) is 35.0 Å². The van der Waals surface area contributed by atoms with E-state index in [1.807, 2.05) is 12.1 Å². The molecule has 172 valence electrons. The van der Waals surface area contributed by atoms with E-state index in [0.717, 1.165) is 23.3 Å². The van der Waals surface area contributed by atoms with Gasteiger partial charge in [0.25, 0.3) is 0 Å². The molecular formula is C20H26F3IN4O2S. The summed E-state index contributed by atoms with van der Waals surface area (Å²) >= 11 is 0. The molecule has 0 spiro atoms. The van der Waals surface area contributed by atoms with Crippen LogP contribution >= 0.6 is 24.0 Å². The van der Waals surface area contributed by atoms with Gasteiger partial charge < -0.3 is 10.2 Å². The summed E-state index contributed by atoms with van der Waals surface area (Å²) < 4.78 is 63.5. The Morgan fingerprint density at radius 3 is 2.00 bits per heavy atom. The average molecular weight is 570 g/mol. The van der Waals surface area contributed by atoms with Gasteiger partial charge >= 0.3 is 6.18 Å². The lowest BCUT2D eigenvalue weighted by Crippen LogP contribution is -2.38. The van der Waals surface area contributed by atoms with Gasteiger partial charge in [0.15, 0.2) is 5.96 Å². The molecule has 2 rings (SSSR count). The molecule has 2 aromatic carbocycles. The summed E-state index contributed by atoms with van der Waals surface area (Å²) in [6.45, 7) is 0.849. The highest BCUT2D eigenvalue weighted by atomic mass is 127. The maximum absolute atomic E-state index is 12.7. The van der Waals surface area contributed by atoms with E-state index in [9.17, 15) is 21.6 Å². The second-order valence-corrected chi connectivity index (χ2v) is 8.66. The van der Waals surface area contributed by atoms with E-state index in [-0.39, 0.29) is 29.7 Å². The zero-order valence-electron chi connectivity index (χ0n) is 17.4. The summed E-state index contributed by atoms with van der Waals surface area (Å²) in [4.78, 5) is 6.00. The summed E-state index contributed by atoms with van der Waals surface area (Å²) in [6.07, 6.45) is -4.35. The first kappa shape index (κ1) is 27.2. The Morgan fingerprint density at radius 2 is 1.52 bits per heavy atom. The van der Waals surface area contributed by atoms with Crippen molar-refractivity contribution in [3.63, 3.8) is 0 Å². The zero-order valence-corrected chi connectivity index (χ0v) is 20.5. The highest BCUT2D eigenvalue weighted by Crippen LogP contribution is 2.29. The number of nitrogens with zero attached hydrogens (tertiary/aromatic N) is 2. The Labute approximate surface area is 198 Å². The number of sulfonamides is 1. The number of halogens is 4. The SMILES string of the molecule is CN=C(NCc1ccc(CS(=O)(=O)NC)cc1)N(C)Cc1ccc(C(F)(F)F)cc1.I. The van der Waals surface area contributed by atoms with Gasteiger partial charge in [-0.25, -0.2) is 13.1 Å². The van der Waals surface area contributed by atoms with Gasteiger partial charge in [0.2, 0.25) is 10.0 Å². The number of nitrogens with one attached hydrogen (secondary N) is 2. The fourth-order valence-corrected chi connectivity index (χ4v) is 3.53. The number of alkyl halides is 3. The minimum atomic E-state index is -4.35. The second kappa shape index (κ2) is 11.7. The van der Waals surface area contributed by atoms with Crippen LogP contribution in [0.5, 0.6) is 0 Å². The molecule has 2 N–H and O–H groups in total. The largest absolute Gasteiger partial charge is 0.416 e. The average Bonchev–Trinajstić information content (AvgIpc) is 2.69. The lowest BCUT2D eigenvalue weighted by atomic mass is 10.1. The fourth-order valence-electron chi connectivity index (χ4n) is 2.76. The van der Waals surface area contributed by atoms with Crippen molar-refractivity contribution >= 4 is 40.0 Å². The van der Waals surface area contributed by atoms with Gasteiger partial charge in [-0.3, -0.25) is 4.99 Å². The lowest BCUT2D eigenvalue weighted by Gasteiger charge is -2.22. The van der Waals surface area contributed by atoms with Crippen LogP contribution in [0.4, 0.5) is 13.2 Å². The molecule has 2 aromatic rings. The maximum Gasteiger partial charge on any atom is 0.416 e. The third kappa shape index (κ3) is 8.65. The van der Waals surface area contributed by atoms with E-state index < -0.39 is 21.8 Å². The highest BCUT2D eigenvalue weighted by Gasteiger charge is 2.29. The smallest absolute Gasteiger partial charge is 0.352 e. The van der Waals surface area contributed by atoms with E-state index in [2.05, 4.69) is 15.0 Å². The van der Waals surface area contributed by atoms with Crippen molar-refractivity contribution in [2.75, 3.05) is 21.1 Å². The van der Waals surface area contributed by atoms with Gasteiger partial charge in [-0.1, -0.05) is 36.4 Å². The molecule has 11 heteroatoms. The molecule has 0 aromatic heterocycles. The van der Waals surface area contributed by atoms with Crippen molar-refractivity contribution in [3.05, 3.63) is 70.8 Å². The van der Waals surface area contributed by atoms with Gasteiger partial charge in [0.05, 0.1) is 11.3 Å². The van der Waals surface area contributed by atoms with Crippen LogP contribution in [0.2, 0.25) is 0 Å². The lowest BCUT2D eigenvalue weighted by molar-refractivity contribution is -0.137. The predicted octanol–water partition coefficient (Wildman–Crippen LogP) is 3.58. The highest BCUT2D eigenvalue weighted by molar-refractivity contribution is 14.0. The van der Waals surface area contributed by atoms with Crippen molar-refractivity contribution in [1.82, 2.24) is 14.9 Å². The van der Waals surface area contributed by atoms with E-state index in [0.29, 0.717) is 24.6 Å². The molecule has 0 saturated carbocycles. The molecule has 0 fully saturated rings. The Morgan fingerprint density at radius 1 is 1.00 bits per heavy atom. The molecule has 0 saturated heterocycles. The number of guanidine groups is 1. The molecule has 0 unspecified atom stereocenters. The number of benzene rings is 2. The van der Waals surface area contributed by atoms with Crippen LogP contribution in [0.1, 0.15) is 22.3 Å². The first-order valence-corrected chi connectivity index (χ1v) is 10.8. The molecule has 31 heavy (non-hydrogen) atoms. The van der Waals surface area contributed by atoms with E-state index in [1.54, 1.807) is 31.1 Å². The van der Waals surface area contributed by atoms with Crippen molar-refractivity contribution in [3.8, 4) is 0 Å². The van der Waals surface area contributed by atoms with Crippen LogP contribution in [0.3, 0.4) is 0 Å². The topological polar surface area (TPSA) is 73.8 Å². The molecule has 0 amide bonds. The van der Waals surface area contributed by atoms with Gasteiger partial charge in [0.1, 0.15) is 0 Å². The first-order chi connectivity index (χ1) is 14.0. The van der Waals surface area contributed by atoms with Crippen LogP contribution in [0.25, 0.3) is 0 Å². The Kier molecular flexibility index (Phi) is 10.2. The predicted molar refractivity (Wildman–Crippen MR) is 127 cm³/mol. The minimum absolute atomic E-state index is 0. The van der Waals surface area contributed by atoms with Gasteiger partial charge in [-0.05, 0) is 35.9 Å². The van der Waals surface area contributed by atoms with E-state index in [1.165, 1.54) is 19.2 Å². The fraction of sp³-hybridized carbons (Fsp3) is 0.350. The van der Waals surface area contributed by atoms with Crippen LogP contribution in [-0.4, -0.2) is 40.4 Å². The normalized spacial score (nSPS) is 12.3. The van der Waals surface area contributed by atoms with E-state index >= 15 is 0 Å².